The third-order valence-electron chi connectivity index (χ3n) is 2.83. The quantitative estimate of drug-likeness (QED) is 0.811. The lowest BCUT2D eigenvalue weighted by atomic mass is 10.0. The Labute approximate surface area is 89.9 Å². The van der Waals surface area contributed by atoms with Gasteiger partial charge in [0.05, 0.1) is 6.10 Å². The van der Waals surface area contributed by atoms with E-state index in [0.29, 0.717) is 6.10 Å². The first-order valence-corrected chi connectivity index (χ1v) is 5.48. The fraction of sp³-hybridized carbons (Fsp3) is 0.636. The number of aromatic nitrogens is 2. The second-order valence-corrected chi connectivity index (χ2v) is 3.99. The number of ether oxygens (including phenoxy) is 1. The largest absolute Gasteiger partial charge is 0.378 e. The molecule has 4 heteroatoms. The minimum Gasteiger partial charge on any atom is -0.378 e. The molecule has 0 amide bonds. The van der Waals surface area contributed by atoms with E-state index in [0.717, 1.165) is 25.0 Å². The van der Waals surface area contributed by atoms with Crippen LogP contribution in [-0.2, 0) is 4.74 Å². The summed E-state index contributed by atoms with van der Waals surface area (Å²) in [6, 6.07) is 0.0374. The molecule has 0 radical (unpaired) electrons. The van der Waals surface area contributed by atoms with Crippen LogP contribution < -0.4 is 5.73 Å². The Hall–Kier alpha value is -1.00. The molecule has 2 heterocycles. The first-order chi connectivity index (χ1) is 7.36. The first kappa shape index (κ1) is 10.5. The standard InChI is InChI=1S/C11H17N3O/c12-11(9-6-13-8-14-7-9)4-3-10-2-1-5-15-10/h6-8,10-11H,1-5,12H2. The Morgan fingerprint density at radius 3 is 2.93 bits per heavy atom. The molecule has 2 rings (SSSR count). The van der Waals surface area contributed by atoms with Gasteiger partial charge in [0.15, 0.2) is 0 Å². The van der Waals surface area contributed by atoms with Crippen LogP contribution in [0.3, 0.4) is 0 Å². The van der Waals surface area contributed by atoms with E-state index in [1.807, 2.05) is 0 Å². The van der Waals surface area contributed by atoms with E-state index in [2.05, 4.69) is 9.97 Å². The lowest BCUT2D eigenvalue weighted by Crippen LogP contribution is -2.14. The molecule has 1 aromatic heterocycles. The number of rotatable bonds is 4. The van der Waals surface area contributed by atoms with Gasteiger partial charge in [0, 0.05) is 30.6 Å². The molecule has 1 aliphatic rings. The second-order valence-electron chi connectivity index (χ2n) is 3.99. The van der Waals surface area contributed by atoms with Gasteiger partial charge in [0.2, 0.25) is 0 Å². The Morgan fingerprint density at radius 2 is 2.27 bits per heavy atom. The average molecular weight is 207 g/mol. The molecule has 0 aliphatic carbocycles. The number of nitrogens with zero attached hydrogens (tertiary/aromatic N) is 2. The molecule has 4 nitrogen and oxygen atoms in total. The highest BCUT2D eigenvalue weighted by atomic mass is 16.5. The Morgan fingerprint density at radius 1 is 1.47 bits per heavy atom. The Kier molecular flexibility index (Phi) is 3.64. The molecule has 0 saturated carbocycles. The maximum Gasteiger partial charge on any atom is 0.115 e. The van der Waals surface area contributed by atoms with Gasteiger partial charge in [-0.15, -0.1) is 0 Å². The zero-order chi connectivity index (χ0) is 10.5. The van der Waals surface area contributed by atoms with Crippen molar-refractivity contribution in [2.75, 3.05) is 6.61 Å². The smallest absolute Gasteiger partial charge is 0.115 e. The van der Waals surface area contributed by atoms with Gasteiger partial charge < -0.3 is 10.5 Å². The summed E-state index contributed by atoms with van der Waals surface area (Å²) in [6.45, 7) is 0.911. The highest BCUT2D eigenvalue weighted by Crippen LogP contribution is 2.21. The van der Waals surface area contributed by atoms with Gasteiger partial charge in [-0.3, -0.25) is 0 Å². The van der Waals surface area contributed by atoms with E-state index in [-0.39, 0.29) is 6.04 Å². The minimum absolute atomic E-state index is 0.0374. The predicted molar refractivity (Wildman–Crippen MR) is 57.2 cm³/mol. The molecule has 82 valence electrons. The molecule has 15 heavy (non-hydrogen) atoms. The van der Waals surface area contributed by atoms with Gasteiger partial charge in [-0.05, 0) is 25.7 Å². The summed E-state index contributed by atoms with van der Waals surface area (Å²) in [5.41, 5.74) is 7.05. The van der Waals surface area contributed by atoms with Crippen LogP contribution in [-0.4, -0.2) is 22.7 Å². The molecule has 1 fully saturated rings. The molecule has 0 aromatic carbocycles. The van der Waals surface area contributed by atoms with Crippen LogP contribution in [0.1, 0.15) is 37.3 Å². The van der Waals surface area contributed by atoms with E-state index >= 15 is 0 Å². The van der Waals surface area contributed by atoms with E-state index in [4.69, 9.17) is 10.5 Å². The van der Waals surface area contributed by atoms with Gasteiger partial charge in [0.25, 0.3) is 0 Å². The van der Waals surface area contributed by atoms with E-state index in [9.17, 15) is 0 Å². The summed E-state index contributed by atoms with van der Waals surface area (Å²) in [6.07, 6.45) is 9.86. The van der Waals surface area contributed by atoms with Crippen molar-refractivity contribution < 1.29 is 4.74 Å². The molecular weight excluding hydrogens is 190 g/mol. The lowest BCUT2D eigenvalue weighted by molar-refractivity contribution is 0.101. The third-order valence-corrected chi connectivity index (χ3v) is 2.83. The fourth-order valence-electron chi connectivity index (χ4n) is 1.91. The van der Waals surface area contributed by atoms with Crippen molar-refractivity contribution in [2.45, 2.75) is 37.8 Å². The number of hydrogen-bond donors (Lipinski definition) is 1. The molecule has 1 saturated heterocycles. The van der Waals surface area contributed by atoms with Crippen molar-refractivity contribution in [3.05, 3.63) is 24.3 Å². The average Bonchev–Trinajstić information content (AvgIpc) is 2.80. The summed E-state index contributed by atoms with van der Waals surface area (Å²) in [4.78, 5) is 7.93. The molecule has 2 atom stereocenters. The molecule has 1 aliphatic heterocycles. The SMILES string of the molecule is NC(CCC1CCCO1)c1cncnc1. The maximum atomic E-state index is 6.04. The molecule has 2 unspecified atom stereocenters. The molecule has 2 N–H and O–H groups in total. The van der Waals surface area contributed by atoms with Gasteiger partial charge >= 0.3 is 0 Å². The summed E-state index contributed by atoms with van der Waals surface area (Å²) >= 11 is 0. The van der Waals surface area contributed by atoms with Crippen LogP contribution in [0.25, 0.3) is 0 Å². The van der Waals surface area contributed by atoms with Gasteiger partial charge in [-0.25, -0.2) is 9.97 Å². The van der Waals surface area contributed by atoms with Crippen molar-refractivity contribution in [3.8, 4) is 0 Å². The maximum absolute atomic E-state index is 6.04. The van der Waals surface area contributed by atoms with Crippen molar-refractivity contribution in [2.24, 2.45) is 5.73 Å². The van der Waals surface area contributed by atoms with E-state index in [1.54, 1.807) is 12.4 Å². The van der Waals surface area contributed by atoms with Crippen LogP contribution >= 0.6 is 0 Å². The third kappa shape index (κ3) is 2.97. The van der Waals surface area contributed by atoms with Crippen molar-refractivity contribution in [1.29, 1.82) is 0 Å². The highest BCUT2D eigenvalue weighted by molar-refractivity contribution is 5.07. The van der Waals surface area contributed by atoms with E-state index in [1.165, 1.54) is 19.2 Å². The summed E-state index contributed by atoms with van der Waals surface area (Å²) in [5, 5.41) is 0. The van der Waals surface area contributed by atoms with Gasteiger partial charge in [-0.1, -0.05) is 0 Å². The second kappa shape index (κ2) is 5.19. The summed E-state index contributed by atoms with van der Waals surface area (Å²) < 4.78 is 5.55. The number of nitrogens with two attached hydrogens (primary N) is 1. The van der Waals surface area contributed by atoms with Crippen LogP contribution in [0.2, 0.25) is 0 Å². The molecule has 1 aromatic rings. The van der Waals surface area contributed by atoms with Crippen LogP contribution in [0.5, 0.6) is 0 Å². The summed E-state index contributed by atoms with van der Waals surface area (Å²) in [7, 11) is 0. The highest BCUT2D eigenvalue weighted by Gasteiger charge is 2.17. The number of hydrogen-bond acceptors (Lipinski definition) is 4. The molecular formula is C11H17N3O. The predicted octanol–water partition coefficient (Wildman–Crippen LogP) is 1.44. The van der Waals surface area contributed by atoms with Crippen LogP contribution in [0.4, 0.5) is 0 Å². The zero-order valence-electron chi connectivity index (χ0n) is 8.80. The normalized spacial score (nSPS) is 22.9. The van der Waals surface area contributed by atoms with Crippen molar-refractivity contribution in [3.63, 3.8) is 0 Å². The molecule has 0 spiro atoms. The zero-order valence-corrected chi connectivity index (χ0v) is 8.80. The van der Waals surface area contributed by atoms with Crippen molar-refractivity contribution in [1.82, 2.24) is 9.97 Å². The van der Waals surface area contributed by atoms with Crippen LogP contribution in [0, 0.1) is 0 Å². The lowest BCUT2D eigenvalue weighted by Gasteiger charge is -2.14. The Balaban J connectivity index is 1.79. The van der Waals surface area contributed by atoms with Crippen molar-refractivity contribution >= 4 is 0 Å². The topological polar surface area (TPSA) is 61.0 Å². The first-order valence-electron chi connectivity index (χ1n) is 5.48. The van der Waals surface area contributed by atoms with Crippen LogP contribution in [0.15, 0.2) is 18.7 Å². The fourth-order valence-corrected chi connectivity index (χ4v) is 1.91. The summed E-state index contributed by atoms with van der Waals surface area (Å²) in [5.74, 6) is 0. The van der Waals surface area contributed by atoms with Gasteiger partial charge in [0.1, 0.15) is 6.33 Å². The Bertz CT molecular complexity index is 285. The monoisotopic (exact) mass is 207 g/mol. The van der Waals surface area contributed by atoms with E-state index < -0.39 is 0 Å². The minimum atomic E-state index is 0.0374. The van der Waals surface area contributed by atoms with Gasteiger partial charge in [-0.2, -0.15) is 0 Å². The molecule has 0 bridgehead atoms.